The Labute approximate surface area is 77.6 Å². The molecule has 4 nitrogen and oxygen atoms in total. The number of carboxylic acid groups (broad SMARTS) is 1. The lowest BCUT2D eigenvalue weighted by atomic mass is 10.1. The molecule has 0 saturated heterocycles. The Kier molecular flexibility index (Phi) is 5.59. The van der Waals surface area contributed by atoms with Crippen molar-refractivity contribution in [3.8, 4) is 0 Å². The first-order valence-corrected chi connectivity index (χ1v) is 4.18. The first kappa shape index (κ1) is 11.7. The third-order valence-corrected chi connectivity index (χ3v) is 1.58. The average Bonchev–Trinajstić information content (AvgIpc) is 2.02. The van der Waals surface area contributed by atoms with E-state index in [1.165, 1.54) is 6.92 Å². The van der Waals surface area contributed by atoms with Crippen molar-refractivity contribution in [2.75, 3.05) is 0 Å². The Balaban J connectivity index is 3.87. The first-order chi connectivity index (χ1) is 6.07. The summed E-state index contributed by atoms with van der Waals surface area (Å²) >= 11 is 0. The van der Waals surface area contributed by atoms with Crippen molar-refractivity contribution < 1.29 is 14.7 Å². The maximum absolute atomic E-state index is 10.6. The molecule has 1 amide bonds. The van der Waals surface area contributed by atoms with Crippen LogP contribution in [0.1, 0.15) is 26.2 Å². The number of unbranched alkanes of at least 4 members (excludes halogenated alkanes) is 1. The molecule has 0 unspecified atom stereocenters. The van der Waals surface area contributed by atoms with Gasteiger partial charge in [-0.15, -0.1) is 6.58 Å². The number of nitrogens with one attached hydrogen (secondary N) is 1. The van der Waals surface area contributed by atoms with Gasteiger partial charge < -0.3 is 10.4 Å². The van der Waals surface area contributed by atoms with Gasteiger partial charge in [0.25, 0.3) is 0 Å². The van der Waals surface area contributed by atoms with E-state index in [0.29, 0.717) is 6.42 Å². The second-order valence-electron chi connectivity index (χ2n) is 2.81. The molecular weight excluding hydrogens is 170 g/mol. The lowest BCUT2D eigenvalue weighted by Crippen LogP contribution is -2.39. The summed E-state index contributed by atoms with van der Waals surface area (Å²) in [6, 6.07) is -0.766. The van der Waals surface area contributed by atoms with Crippen molar-refractivity contribution in [1.29, 1.82) is 0 Å². The van der Waals surface area contributed by atoms with E-state index >= 15 is 0 Å². The molecule has 0 heterocycles. The molecule has 0 aliphatic carbocycles. The lowest BCUT2D eigenvalue weighted by molar-refractivity contribution is -0.141. The van der Waals surface area contributed by atoms with Gasteiger partial charge in [-0.25, -0.2) is 4.79 Å². The minimum Gasteiger partial charge on any atom is -0.480 e. The minimum atomic E-state index is -0.987. The Bertz CT molecular complexity index is 201. The van der Waals surface area contributed by atoms with Crippen LogP contribution in [0.15, 0.2) is 12.7 Å². The molecule has 0 rings (SSSR count). The smallest absolute Gasteiger partial charge is 0.326 e. The van der Waals surface area contributed by atoms with Gasteiger partial charge in [0, 0.05) is 6.92 Å². The molecule has 4 heteroatoms. The summed E-state index contributed by atoms with van der Waals surface area (Å²) in [5.41, 5.74) is 0. The Morgan fingerprint density at radius 2 is 2.23 bits per heavy atom. The van der Waals surface area contributed by atoms with Crippen molar-refractivity contribution in [3.05, 3.63) is 12.7 Å². The van der Waals surface area contributed by atoms with Gasteiger partial charge in [-0.05, 0) is 19.3 Å². The number of aliphatic carboxylic acids is 1. The summed E-state index contributed by atoms with van der Waals surface area (Å²) in [5.74, 6) is -1.30. The number of carboxylic acids is 1. The molecule has 1 atom stereocenters. The van der Waals surface area contributed by atoms with Gasteiger partial charge >= 0.3 is 5.97 Å². The number of amides is 1. The predicted molar refractivity (Wildman–Crippen MR) is 49.3 cm³/mol. The number of hydrogen-bond donors (Lipinski definition) is 2. The van der Waals surface area contributed by atoms with Gasteiger partial charge in [-0.2, -0.15) is 0 Å². The molecule has 0 aliphatic rings. The molecule has 13 heavy (non-hydrogen) atoms. The monoisotopic (exact) mass is 185 g/mol. The highest BCUT2D eigenvalue weighted by Gasteiger charge is 2.16. The normalized spacial score (nSPS) is 11.8. The third kappa shape index (κ3) is 5.90. The van der Waals surface area contributed by atoms with Crippen molar-refractivity contribution >= 4 is 11.9 Å². The standard InChI is InChI=1S/C9H15NO3/c1-3-4-5-6-8(9(12)13)10-7(2)11/h3,8H,1,4-6H2,2H3,(H,10,11)(H,12,13)/t8-/m0/s1. The summed E-state index contributed by atoms with van der Waals surface area (Å²) in [6.07, 6.45) is 3.66. The van der Waals surface area contributed by atoms with Crippen LogP contribution in [-0.2, 0) is 9.59 Å². The van der Waals surface area contributed by atoms with Gasteiger partial charge in [0.05, 0.1) is 0 Å². The fourth-order valence-corrected chi connectivity index (χ4v) is 0.969. The quantitative estimate of drug-likeness (QED) is 0.478. The maximum atomic E-state index is 10.6. The van der Waals surface area contributed by atoms with Crippen LogP contribution in [0.3, 0.4) is 0 Å². The Morgan fingerprint density at radius 3 is 2.62 bits per heavy atom. The van der Waals surface area contributed by atoms with Crippen LogP contribution >= 0.6 is 0 Å². The van der Waals surface area contributed by atoms with Crippen LogP contribution in [0.4, 0.5) is 0 Å². The summed E-state index contributed by atoms with van der Waals surface area (Å²) in [6.45, 7) is 4.84. The SMILES string of the molecule is C=CCCC[C@H](NC(C)=O)C(=O)O. The number of carbonyl (C=O) groups excluding carboxylic acids is 1. The van der Waals surface area contributed by atoms with Crippen molar-refractivity contribution in [3.63, 3.8) is 0 Å². The van der Waals surface area contributed by atoms with E-state index in [1.807, 2.05) is 0 Å². The molecule has 0 aromatic heterocycles. The molecule has 0 fully saturated rings. The van der Waals surface area contributed by atoms with Crippen LogP contribution in [0.2, 0.25) is 0 Å². The summed E-state index contributed by atoms with van der Waals surface area (Å²) in [7, 11) is 0. The van der Waals surface area contributed by atoms with E-state index in [2.05, 4.69) is 11.9 Å². The summed E-state index contributed by atoms with van der Waals surface area (Å²) in [4.78, 5) is 21.2. The van der Waals surface area contributed by atoms with E-state index in [4.69, 9.17) is 5.11 Å². The maximum Gasteiger partial charge on any atom is 0.326 e. The average molecular weight is 185 g/mol. The highest BCUT2D eigenvalue weighted by molar-refractivity contribution is 5.81. The molecule has 0 spiro atoms. The van der Waals surface area contributed by atoms with Gasteiger partial charge in [0.15, 0.2) is 0 Å². The molecule has 0 radical (unpaired) electrons. The first-order valence-electron chi connectivity index (χ1n) is 4.18. The summed E-state index contributed by atoms with van der Waals surface area (Å²) < 4.78 is 0. The largest absolute Gasteiger partial charge is 0.480 e. The number of carbonyl (C=O) groups is 2. The van der Waals surface area contributed by atoms with E-state index in [9.17, 15) is 9.59 Å². The van der Waals surface area contributed by atoms with E-state index in [-0.39, 0.29) is 5.91 Å². The fraction of sp³-hybridized carbons (Fsp3) is 0.556. The van der Waals surface area contributed by atoms with Crippen LogP contribution in [0, 0.1) is 0 Å². The molecule has 2 N–H and O–H groups in total. The van der Waals surface area contributed by atoms with Crippen LogP contribution in [0.25, 0.3) is 0 Å². The van der Waals surface area contributed by atoms with E-state index in [0.717, 1.165) is 12.8 Å². The van der Waals surface area contributed by atoms with Crippen LogP contribution in [-0.4, -0.2) is 23.0 Å². The molecule has 0 aromatic rings. The highest BCUT2D eigenvalue weighted by atomic mass is 16.4. The zero-order valence-corrected chi connectivity index (χ0v) is 7.75. The third-order valence-electron chi connectivity index (χ3n) is 1.58. The number of allylic oxidation sites excluding steroid dienone is 1. The molecule has 0 saturated carbocycles. The summed E-state index contributed by atoms with van der Waals surface area (Å²) in [5, 5.41) is 11.0. The molecular formula is C9H15NO3. The predicted octanol–water partition coefficient (Wildman–Crippen LogP) is 0.932. The Morgan fingerprint density at radius 1 is 1.62 bits per heavy atom. The minimum absolute atomic E-state index is 0.314. The van der Waals surface area contributed by atoms with Crippen LogP contribution < -0.4 is 5.32 Å². The van der Waals surface area contributed by atoms with Gasteiger partial charge in [-0.1, -0.05) is 6.08 Å². The molecule has 0 aliphatic heterocycles. The van der Waals surface area contributed by atoms with E-state index < -0.39 is 12.0 Å². The van der Waals surface area contributed by atoms with E-state index in [1.54, 1.807) is 6.08 Å². The van der Waals surface area contributed by atoms with Gasteiger partial charge in [0.1, 0.15) is 6.04 Å². The lowest BCUT2D eigenvalue weighted by Gasteiger charge is -2.11. The molecule has 0 aromatic carbocycles. The van der Waals surface area contributed by atoms with Crippen molar-refractivity contribution in [1.82, 2.24) is 5.32 Å². The number of rotatable bonds is 6. The zero-order valence-electron chi connectivity index (χ0n) is 7.75. The molecule has 0 bridgehead atoms. The van der Waals surface area contributed by atoms with Gasteiger partial charge in [0.2, 0.25) is 5.91 Å². The highest BCUT2D eigenvalue weighted by Crippen LogP contribution is 2.01. The topological polar surface area (TPSA) is 66.4 Å². The Hall–Kier alpha value is -1.32. The number of hydrogen-bond acceptors (Lipinski definition) is 2. The zero-order chi connectivity index (χ0) is 10.3. The van der Waals surface area contributed by atoms with Crippen molar-refractivity contribution in [2.45, 2.75) is 32.2 Å². The second-order valence-corrected chi connectivity index (χ2v) is 2.81. The molecule has 74 valence electrons. The second kappa shape index (κ2) is 6.22. The van der Waals surface area contributed by atoms with Crippen LogP contribution in [0.5, 0.6) is 0 Å². The van der Waals surface area contributed by atoms with Crippen molar-refractivity contribution in [2.24, 2.45) is 0 Å². The fourth-order valence-electron chi connectivity index (χ4n) is 0.969. The van der Waals surface area contributed by atoms with Gasteiger partial charge in [-0.3, -0.25) is 4.79 Å².